The van der Waals surface area contributed by atoms with Crippen LogP contribution in [0.25, 0.3) is 0 Å². The van der Waals surface area contributed by atoms with Crippen LogP contribution in [-0.2, 0) is 4.79 Å². The van der Waals surface area contributed by atoms with Crippen molar-refractivity contribution in [2.45, 2.75) is 130 Å². The van der Waals surface area contributed by atoms with E-state index in [1.165, 1.54) is 109 Å². The molecule has 0 atom stereocenters. The van der Waals surface area contributed by atoms with E-state index >= 15 is 0 Å². The third kappa shape index (κ3) is 6.71. The van der Waals surface area contributed by atoms with E-state index in [9.17, 15) is 4.79 Å². The van der Waals surface area contributed by atoms with E-state index in [4.69, 9.17) is 0 Å². The number of carbonyl (C=O) groups excluding carboxylic acids is 1. The van der Waals surface area contributed by atoms with Gasteiger partial charge in [-0.2, -0.15) is 0 Å². The molecule has 4 bridgehead atoms. The van der Waals surface area contributed by atoms with Crippen LogP contribution in [0.2, 0.25) is 0 Å². The minimum absolute atomic E-state index is 0.0142. The Balaban J connectivity index is 1.36. The highest BCUT2D eigenvalue weighted by molar-refractivity contribution is 5.82. The second kappa shape index (κ2) is 12.1. The van der Waals surface area contributed by atoms with E-state index in [-0.39, 0.29) is 5.41 Å². The molecule has 0 aliphatic heterocycles. The molecule has 4 fully saturated rings. The van der Waals surface area contributed by atoms with Gasteiger partial charge in [0, 0.05) is 0 Å². The zero-order valence-corrected chi connectivity index (χ0v) is 21.2. The summed E-state index contributed by atoms with van der Waals surface area (Å²) in [6.45, 7) is 9.98. The number of nitrogens with one attached hydrogen (secondary N) is 1. The highest BCUT2D eigenvalue weighted by Crippen LogP contribution is 2.60. The summed E-state index contributed by atoms with van der Waals surface area (Å²) >= 11 is 0. The minimum Gasteiger partial charge on any atom is -0.269 e. The Hall–Kier alpha value is -0.570. The standard InChI is InChI=1S/C28H52N2O/c1-4-7-8-9-10-11-12-13-14-15-16-17-30(5-2,6-3)29-27(31)28-21-24-18-25(22-28)20-26(19-24)23-28/h24-26H,4-23H2,1-3H3/p+1. The molecular formula is C28H53N2O+. The van der Waals surface area contributed by atoms with E-state index in [0.717, 1.165) is 42.0 Å². The fraction of sp³-hybridized carbons (Fsp3) is 0.964. The number of carbonyl (C=O) groups is 1. The average molecular weight is 434 g/mol. The van der Waals surface area contributed by atoms with Gasteiger partial charge in [0.15, 0.2) is 0 Å². The van der Waals surface area contributed by atoms with Gasteiger partial charge in [0.25, 0.3) is 5.91 Å². The van der Waals surface area contributed by atoms with Crippen LogP contribution in [0.5, 0.6) is 0 Å². The molecule has 0 aromatic carbocycles. The van der Waals surface area contributed by atoms with Crippen LogP contribution in [0.3, 0.4) is 0 Å². The summed E-state index contributed by atoms with van der Waals surface area (Å²) in [5.41, 5.74) is 3.61. The number of amides is 1. The molecule has 0 aromatic heterocycles. The number of rotatable bonds is 16. The fourth-order valence-corrected chi connectivity index (χ4v) is 7.56. The third-order valence-electron chi connectivity index (χ3n) is 9.26. The maximum Gasteiger partial charge on any atom is 0.271 e. The summed E-state index contributed by atoms with van der Waals surface area (Å²) < 4.78 is 0.804. The van der Waals surface area contributed by atoms with E-state index in [0.29, 0.717) is 5.91 Å². The predicted molar refractivity (Wildman–Crippen MR) is 131 cm³/mol. The molecule has 0 spiro atoms. The molecule has 0 saturated heterocycles. The third-order valence-corrected chi connectivity index (χ3v) is 9.26. The molecule has 1 amide bonds. The van der Waals surface area contributed by atoms with Crippen molar-refractivity contribution in [2.24, 2.45) is 23.2 Å². The first-order chi connectivity index (χ1) is 15.0. The first-order valence-electron chi connectivity index (χ1n) is 14.2. The van der Waals surface area contributed by atoms with Gasteiger partial charge in [-0.25, -0.2) is 10.0 Å². The SMILES string of the molecule is CCCCCCCCCCCCC[N+](CC)(CC)NC(=O)C12CC3CC(CC(C3)C1)C2. The summed E-state index contributed by atoms with van der Waals surface area (Å²) in [6, 6.07) is 0. The lowest BCUT2D eigenvalue weighted by molar-refractivity contribution is -0.958. The van der Waals surface area contributed by atoms with Crippen molar-refractivity contribution >= 4 is 5.91 Å². The van der Waals surface area contributed by atoms with Crippen LogP contribution in [0.1, 0.15) is 130 Å². The zero-order chi connectivity index (χ0) is 22.2. The molecule has 3 nitrogen and oxygen atoms in total. The van der Waals surface area contributed by atoms with Crippen molar-refractivity contribution < 1.29 is 9.39 Å². The summed E-state index contributed by atoms with van der Waals surface area (Å²) in [5.74, 6) is 2.94. The highest BCUT2D eigenvalue weighted by atomic mass is 16.2. The average Bonchev–Trinajstić information content (AvgIpc) is 2.75. The van der Waals surface area contributed by atoms with Crippen LogP contribution in [0, 0.1) is 23.2 Å². The van der Waals surface area contributed by atoms with Gasteiger partial charge in [-0.15, -0.1) is 0 Å². The molecule has 1 N–H and O–H groups in total. The quantitative estimate of drug-likeness (QED) is 0.153. The van der Waals surface area contributed by atoms with Gasteiger partial charge in [-0.05, 0) is 83.0 Å². The summed E-state index contributed by atoms with van der Waals surface area (Å²) in [6.07, 6.45) is 23.0. The minimum atomic E-state index is -0.0142. The highest BCUT2D eigenvalue weighted by Gasteiger charge is 2.55. The Kier molecular flexibility index (Phi) is 9.74. The smallest absolute Gasteiger partial charge is 0.269 e. The lowest BCUT2D eigenvalue weighted by atomic mass is 9.49. The van der Waals surface area contributed by atoms with E-state index < -0.39 is 0 Å². The maximum atomic E-state index is 13.6. The van der Waals surface area contributed by atoms with Gasteiger partial charge in [-0.1, -0.05) is 64.7 Å². The number of quaternary nitrogens is 1. The number of unbranched alkanes of at least 4 members (excludes halogenated alkanes) is 10. The molecule has 0 aromatic rings. The molecule has 4 aliphatic rings. The van der Waals surface area contributed by atoms with Crippen LogP contribution >= 0.6 is 0 Å². The van der Waals surface area contributed by atoms with Gasteiger partial charge in [-0.3, -0.25) is 4.79 Å². The molecule has 3 heteroatoms. The van der Waals surface area contributed by atoms with E-state index in [1.807, 2.05) is 0 Å². The Morgan fingerprint density at radius 2 is 1.13 bits per heavy atom. The van der Waals surface area contributed by atoms with E-state index in [2.05, 4.69) is 26.2 Å². The number of nitrogens with zero attached hydrogens (tertiary/aromatic N) is 1. The Bertz CT molecular complexity index is 504. The predicted octanol–water partition coefficient (Wildman–Crippen LogP) is 7.40. The van der Waals surface area contributed by atoms with Gasteiger partial charge < -0.3 is 0 Å². The topological polar surface area (TPSA) is 29.1 Å². The van der Waals surface area contributed by atoms with Gasteiger partial charge in [0.2, 0.25) is 0 Å². The Morgan fingerprint density at radius 1 is 0.710 bits per heavy atom. The molecule has 31 heavy (non-hydrogen) atoms. The second-order valence-electron chi connectivity index (χ2n) is 11.7. The van der Waals surface area contributed by atoms with Gasteiger partial charge in [0.05, 0.1) is 18.5 Å². The summed E-state index contributed by atoms with van der Waals surface area (Å²) in [4.78, 5) is 13.6. The molecule has 4 saturated carbocycles. The normalized spacial score (nSPS) is 29.5. The van der Waals surface area contributed by atoms with Crippen LogP contribution in [-0.4, -0.2) is 30.1 Å². The van der Waals surface area contributed by atoms with Crippen LogP contribution in [0.4, 0.5) is 0 Å². The molecule has 4 rings (SSSR count). The fourth-order valence-electron chi connectivity index (χ4n) is 7.56. The van der Waals surface area contributed by atoms with Crippen molar-refractivity contribution in [3.63, 3.8) is 0 Å². The number of hydrogen-bond donors (Lipinski definition) is 1. The number of hydrogen-bond acceptors (Lipinski definition) is 1. The molecule has 180 valence electrons. The van der Waals surface area contributed by atoms with Crippen molar-refractivity contribution in [3.05, 3.63) is 0 Å². The van der Waals surface area contributed by atoms with Crippen molar-refractivity contribution in [1.82, 2.24) is 5.43 Å². The van der Waals surface area contributed by atoms with Crippen molar-refractivity contribution in [2.75, 3.05) is 19.6 Å². The van der Waals surface area contributed by atoms with Gasteiger partial charge >= 0.3 is 0 Å². The van der Waals surface area contributed by atoms with Gasteiger partial charge in [0.1, 0.15) is 6.54 Å². The van der Waals surface area contributed by atoms with Crippen molar-refractivity contribution in [3.8, 4) is 0 Å². The Labute approximate surface area is 193 Å². The van der Waals surface area contributed by atoms with Crippen LogP contribution < -0.4 is 5.43 Å². The molecular weight excluding hydrogens is 380 g/mol. The van der Waals surface area contributed by atoms with E-state index in [1.54, 1.807) is 0 Å². The molecule has 0 heterocycles. The molecule has 0 radical (unpaired) electrons. The zero-order valence-electron chi connectivity index (χ0n) is 21.2. The second-order valence-corrected chi connectivity index (χ2v) is 11.7. The summed E-state index contributed by atoms with van der Waals surface area (Å²) in [7, 11) is 0. The Morgan fingerprint density at radius 3 is 1.55 bits per heavy atom. The monoisotopic (exact) mass is 433 g/mol. The maximum absolute atomic E-state index is 13.6. The largest absolute Gasteiger partial charge is 0.271 e. The molecule has 4 aliphatic carbocycles. The van der Waals surface area contributed by atoms with Crippen molar-refractivity contribution in [1.29, 1.82) is 0 Å². The summed E-state index contributed by atoms with van der Waals surface area (Å²) in [5, 5.41) is 0. The lowest BCUT2D eigenvalue weighted by Crippen LogP contribution is -2.65. The lowest BCUT2D eigenvalue weighted by Gasteiger charge is -2.56. The molecule has 0 unspecified atom stereocenters. The van der Waals surface area contributed by atoms with Crippen LogP contribution in [0.15, 0.2) is 0 Å². The first-order valence-corrected chi connectivity index (χ1v) is 14.2. The first kappa shape index (κ1) is 25.1.